The smallest absolute Gasteiger partial charge is 0.266 e. The number of aliphatic hydroxyl groups is 1. The fraction of sp³-hybridized carbons (Fsp3) is 0.368. The first-order valence-corrected chi connectivity index (χ1v) is 11.4. The average Bonchev–Trinajstić information content (AvgIpc) is 3.03. The van der Waals surface area contributed by atoms with Gasteiger partial charge in [0.05, 0.1) is 35.4 Å². The van der Waals surface area contributed by atoms with Crippen LogP contribution < -0.4 is 5.73 Å². The third-order valence-electron chi connectivity index (χ3n) is 4.93. The lowest BCUT2D eigenvalue weighted by atomic mass is 10.1. The van der Waals surface area contributed by atoms with Crippen LogP contribution in [0, 0.1) is 17.5 Å². The number of alkyl halides is 2. The number of nitrogens with two attached hydrogens (primary N) is 1. The van der Waals surface area contributed by atoms with Crippen LogP contribution in [0.5, 0.6) is 0 Å². The second kappa shape index (κ2) is 9.57. The Hall–Kier alpha value is -2.84. The first-order valence-electron chi connectivity index (χ1n) is 9.59. The van der Waals surface area contributed by atoms with E-state index in [1.807, 2.05) is 0 Å². The minimum atomic E-state index is -3.14. The lowest BCUT2D eigenvalue weighted by Gasteiger charge is -2.27. The number of aromatic nitrogens is 3. The molecular weight excluding hydrogens is 473 g/mol. The van der Waals surface area contributed by atoms with Gasteiger partial charge in [-0.1, -0.05) is 0 Å². The Morgan fingerprint density at radius 2 is 1.91 bits per heavy atom. The van der Waals surface area contributed by atoms with Crippen molar-refractivity contribution in [2.24, 2.45) is 0 Å². The first kappa shape index (κ1) is 24.8. The van der Waals surface area contributed by atoms with Gasteiger partial charge in [0.1, 0.15) is 17.2 Å². The number of nitrogen functional groups attached to an aromatic ring is 1. The van der Waals surface area contributed by atoms with Gasteiger partial charge in [-0.05, 0) is 25.0 Å². The van der Waals surface area contributed by atoms with Crippen LogP contribution in [-0.2, 0) is 10.0 Å². The maximum absolute atomic E-state index is 14.2. The maximum Gasteiger partial charge on any atom is 0.266 e. The molecule has 1 atom stereocenters. The van der Waals surface area contributed by atoms with E-state index in [9.17, 15) is 30.4 Å². The number of nitrogens with zero attached hydrogens (tertiary/aromatic N) is 4. The summed E-state index contributed by atoms with van der Waals surface area (Å²) in [5.74, 6) is -3.74. The van der Waals surface area contributed by atoms with Crippen LogP contribution in [0.3, 0.4) is 0 Å². The second-order valence-corrected chi connectivity index (χ2v) is 9.32. The third-order valence-corrected chi connectivity index (χ3v) is 6.20. The molecule has 1 saturated heterocycles. The van der Waals surface area contributed by atoms with Crippen LogP contribution >= 0.6 is 0 Å². The van der Waals surface area contributed by atoms with Gasteiger partial charge in [-0.2, -0.15) is 4.31 Å². The Bertz CT molecular complexity index is 1270. The van der Waals surface area contributed by atoms with E-state index in [1.165, 1.54) is 10.6 Å². The van der Waals surface area contributed by atoms with Gasteiger partial charge in [0, 0.05) is 19.2 Å². The quantitative estimate of drug-likeness (QED) is 0.543. The lowest BCUT2D eigenvalue weighted by Crippen LogP contribution is -2.41. The predicted molar refractivity (Wildman–Crippen MR) is 109 cm³/mol. The van der Waals surface area contributed by atoms with Gasteiger partial charge >= 0.3 is 0 Å². The van der Waals surface area contributed by atoms with Gasteiger partial charge in [-0.15, -0.1) is 5.10 Å². The highest BCUT2D eigenvalue weighted by atomic mass is 32.2. The largest absolute Gasteiger partial charge is 0.392 e. The summed E-state index contributed by atoms with van der Waals surface area (Å²) in [6.45, 7) is 0.814. The van der Waals surface area contributed by atoms with Crippen molar-refractivity contribution in [2.45, 2.75) is 25.4 Å². The van der Waals surface area contributed by atoms with E-state index in [2.05, 4.69) is 10.1 Å². The summed E-state index contributed by atoms with van der Waals surface area (Å²) in [4.78, 5) is 3.56. The summed E-state index contributed by atoms with van der Waals surface area (Å²) in [6.07, 6.45) is 0.0489. The number of halogens is 5. The van der Waals surface area contributed by atoms with Gasteiger partial charge in [-0.25, -0.2) is 39.9 Å². The van der Waals surface area contributed by atoms with E-state index >= 15 is 0 Å². The number of piperidine rings is 1. The third kappa shape index (κ3) is 5.39. The summed E-state index contributed by atoms with van der Waals surface area (Å²) < 4.78 is 91.4. The Labute approximate surface area is 185 Å². The Kier molecular flexibility index (Phi) is 7.19. The molecule has 0 saturated carbocycles. The average molecular weight is 493 g/mol. The van der Waals surface area contributed by atoms with Crippen LogP contribution in [0.25, 0.3) is 16.8 Å². The predicted octanol–water partition coefficient (Wildman–Crippen LogP) is 2.74. The van der Waals surface area contributed by atoms with E-state index in [4.69, 9.17) is 10.8 Å². The molecule has 1 unspecified atom stereocenters. The van der Waals surface area contributed by atoms with Crippen molar-refractivity contribution in [1.82, 2.24) is 18.9 Å². The molecule has 14 heteroatoms. The summed E-state index contributed by atoms with van der Waals surface area (Å²) in [6, 6.07) is 2.09. The Morgan fingerprint density at radius 1 is 1.21 bits per heavy atom. The van der Waals surface area contributed by atoms with Crippen molar-refractivity contribution in [3.05, 3.63) is 47.4 Å². The Morgan fingerprint density at radius 3 is 2.48 bits per heavy atom. The molecule has 1 fully saturated rings. The molecule has 4 rings (SSSR count). The minimum absolute atomic E-state index is 0.189. The fourth-order valence-corrected chi connectivity index (χ4v) is 4.24. The topological polar surface area (TPSA) is 114 Å². The monoisotopic (exact) mass is 493 g/mol. The maximum atomic E-state index is 14.2. The summed E-state index contributed by atoms with van der Waals surface area (Å²) >= 11 is 0. The molecule has 0 aliphatic carbocycles. The number of anilines is 1. The molecule has 1 aromatic carbocycles. The number of sulfonamides is 1. The molecule has 2 aromatic heterocycles. The molecule has 3 N–H and O–H groups in total. The number of hydrogen-bond donors (Lipinski definition) is 2. The van der Waals surface area contributed by atoms with Gasteiger partial charge in [0.25, 0.3) is 6.43 Å². The molecule has 3 aromatic rings. The van der Waals surface area contributed by atoms with E-state index < -0.39 is 51.1 Å². The highest BCUT2D eigenvalue weighted by molar-refractivity contribution is 7.88. The van der Waals surface area contributed by atoms with Crippen LogP contribution in [-0.4, -0.2) is 57.9 Å². The van der Waals surface area contributed by atoms with Crippen molar-refractivity contribution in [3.63, 3.8) is 0 Å². The number of hydrogen-bond acceptors (Lipinski definition) is 6. The number of rotatable bonds is 3. The zero-order chi connectivity index (χ0) is 24.5. The van der Waals surface area contributed by atoms with E-state index in [0.29, 0.717) is 25.1 Å². The molecule has 1 aliphatic heterocycles. The second-order valence-electron chi connectivity index (χ2n) is 7.33. The van der Waals surface area contributed by atoms with Crippen LogP contribution in [0.2, 0.25) is 0 Å². The molecule has 0 bridgehead atoms. The standard InChI is InChI=1S/C13H7F5N4.C6H13NO3S/c14-6-2-1-5(12(17)18)11(16)10(6)8-3-7(15)9-4-20-13(19)21-22(8)9;1-11(9,10)7-4-2-3-6(8)5-7/h1-4,12H,(H2,19,21);6,8H,2-5H2,1H3. The molecule has 33 heavy (non-hydrogen) atoms. The normalized spacial score (nSPS) is 17.3. The molecule has 8 nitrogen and oxygen atoms in total. The van der Waals surface area contributed by atoms with Crippen molar-refractivity contribution in [3.8, 4) is 11.3 Å². The molecule has 0 amide bonds. The fourth-order valence-electron chi connectivity index (χ4n) is 3.34. The summed E-state index contributed by atoms with van der Waals surface area (Å²) in [5.41, 5.74) is 2.99. The van der Waals surface area contributed by atoms with Crippen molar-refractivity contribution in [1.29, 1.82) is 0 Å². The summed E-state index contributed by atoms with van der Waals surface area (Å²) in [7, 11) is -3.09. The molecule has 0 radical (unpaired) electrons. The van der Waals surface area contributed by atoms with Gasteiger partial charge in [-0.3, -0.25) is 0 Å². The Balaban J connectivity index is 0.000000235. The zero-order valence-corrected chi connectivity index (χ0v) is 18.0. The first-order chi connectivity index (χ1) is 15.4. The molecular formula is C19H20F5N5O3S. The van der Waals surface area contributed by atoms with Gasteiger partial charge < -0.3 is 10.8 Å². The number of β-amino-alcohol motifs (C(OH)–C–C–N with tert-alkyl or cyclic N) is 1. The number of aliphatic hydroxyl groups excluding tert-OH is 1. The van der Waals surface area contributed by atoms with Gasteiger partial charge in [0.2, 0.25) is 16.0 Å². The van der Waals surface area contributed by atoms with Crippen LogP contribution in [0.15, 0.2) is 24.4 Å². The van der Waals surface area contributed by atoms with Crippen LogP contribution in [0.4, 0.5) is 27.9 Å². The van der Waals surface area contributed by atoms with E-state index in [0.717, 1.165) is 23.2 Å². The van der Waals surface area contributed by atoms with E-state index in [-0.39, 0.29) is 23.7 Å². The minimum Gasteiger partial charge on any atom is -0.392 e. The molecule has 1 aliphatic rings. The van der Waals surface area contributed by atoms with Crippen molar-refractivity contribution >= 4 is 21.5 Å². The van der Waals surface area contributed by atoms with Crippen LogP contribution in [0.1, 0.15) is 24.8 Å². The molecule has 3 heterocycles. The lowest BCUT2D eigenvalue weighted by molar-refractivity contribution is 0.108. The van der Waals surface area contributed by atoms with Gasteiger partial charge in [0.15, 0.2) is 5.82 Å². The number of fused-ring (bicyclic) bond motifs is 1. The van der Waals surface area contributed by atoms with Crippen molar-refractivity contribution in [2.75, 3.05) is 25.1 Å². The molecule has 0 spiro atoms. The van der Waals surface area contributed by atoms with E-state index in [1.54, 1.807) is 0 Å². The highest BCUT2D eigenvalue weighted by Gasteiger charge is 2.25. The van der Waals surface area contributed by atoms with Crippen molar-refractivity contribution < 1.29 is 35.5 Å². The zero-order valence-electron chi connectivity index (χ0n) is 17.2. The molecule has 180 valence electrons. The number of benzene rings is 1. The SMILES string of the molecule is CS(=O)(=O)N1CCCC(O)C1.Nc1ncc2c(F)cc(-c3c(F)ccc(C(F)F)c3F)n2n1. The summed E-state index contributed by atoms with van der Waals surface area (Å²) in [5, 5.41) is 12.8. The highest BCUT2D eigenvalue weighted by Crippen LogP contribution is 2.34.